The Balaban J connectivity index is 2.07. The first-order valence-electron chi connectivity index (χ1n) is 9.29. The van der Waals surface area contributed by atoms with Gasteiger partial charge in [0, 0.05) is 32.1 Å². The highest BCUT2D eigenvalue weighted by atomic mass is 35.5. The number of likely N-dealkylation sites (tertiary alicyclic amines) is 1. The number of hydrogen-bond acceptors (Lipinski definition) is 5. The minimum atomic E-state index is 0.0177. The van der Waals surface area contributed by atoms with E-state index in [9.17, 15) is 4.79 Å². The normalized spacial score (nSPS) is 17.8. The summed E-state index contributed by atoms with van der Waals surface area (Å²) in [7, 11) is 1.59. The zero-order chi connectivity index (χ0) is 18.9. The van der Waals surface area contributed by atoms with E-state index in [2.05, 4.69) is 10.2 Å². The van der Waals surface area contributed by atoms with Crippen LogP contribution in [0.25, 0.3) is 0 Å². The van der Waals surface area contributed by atoms with E-state index in [1.807, 2.05) is 19.1 Å². The maximum absolute atomic E-state index is 11.7. The van der Waals surface area contributed by atoms with Gasteiger partial charge in [0.2, 0.25) is 5.91 Å². The standard InChI is InChI=1S/C19H30ClN3O3/c1-3-26-17-11-14(10-16(20)19(17)25-2)13-23-9-5-4-6-15(23)12-22-18(24)7-8-21/h10-11,15H,3-9,12-13,21H2,1-2H3,(H,22,24). The largest absolute Gasteiger partial charge is 0.491 e. The molecule has 1 heterocycles. The molecule has 26 heavy (non-hydrogen) atoms. The van der Waals surface area contributed by atoms with Crippen molar-refractivity contribution in [3.63, 3.8) is 0 Å². The fraction of sp³-hybridized carbons (Fsp3) is 0.632. The summed E-state index contributed by atoms with van der Waals surface area (Å²) in [6.07, 6.45) is 3.79. The molecule has 1 amide bonds. The fourth-order valence-corrected chi connectivity index (χ4v) is 3.67. The Morgan fingerprint density at radius 2 is 2.23 bits per heavy atom. The van der Waals surface area contributed by atoms with Crippen molar-refractivity contribution < 1.29 is 14.3 Å². The molecule has 3 N–H and O–H groups in total. The number of piperidine rings is 1. The van der Waals surface area contributed by atoms with Gasteiger partial charge < -0.3 is 20.5 Å². The van der Waals surface area contributed by atoms with E-state index in [-0.39, 0.29) is 5.91 Å². The van der Waals surface area contributed by atoms with Gasteiger partial charge in [-0.05, 0) is 44.0 Å². The van der Waals surface area contributed by atoms with Gasteiger partial charge in [0.1, 0.15) is 0 Å². The summed E-state index contributed by atoms with van der Waals surface area (Å²) in [4.78, 5) is 14.1. The van der Waals surface area contributed by atoms with Crippen LogP contribution >= 0.6 is 11.6 Å². The van der Waals surface area contributed by atoms with Crippen LogP contribution in [0.5, 0.6) is 11.5 Å². The van der Waals surface area contributed by atoms with Crippen LogP contribution in [0.2, 0.25) is 5.02 Å². The number of rotatable bonds is 9. The molecule has 0 spiro atoms. The summed E-state index contributed by atoms with van der Waals surface area (Å²) in [5.41, 5.74) is 6.52. The molecule has 1 saturated heterocycles. The van der Waals surface area contributed by atoms with Gasteiger partial charge in [0.25, 0.3) is 0 Å². The van der Waals surface area contributed by atoms with Gasteiger partial charge in [0.15, 0.2) is 11.5 Å². The SMILES string of the molecule is CCOc1cc(CN2CCCCC2CNC(=O)CCN)cc(Cl)c1OC. The van der Waals surface area contributed by atoms with Crippen molar-refractivity contribution in [2.45, 2.75) is 45.2 Å². The molecular weight excluding hydrogens is 354 g/mol. The van der Waals surface area contributed by atoms with Gasteiger partial charge in [-0.1, -0.05) is 18.0 Å². The average molecular weight is 384 g/mol. The van der Waals surface area contributed by atoms with Crippen LogP contribution in [0.3, 0.4) is 0 Å². The Kier molecular flexibility index (Phi) is 8.48. The predicted octanol–water partition coefficient (Wildman–Crippen LogP) is 2.57. The van der Waals surface area contributed by atoms with Crippen LogP contribution in [-0.4, -0.2) is 50.2 Å². The van der Waals surface area contributed by atoms with Crippen molar-refractivity contribution in [2.75, 3.05) is 33.4 Å². The van der Waals surface area contributed by atoms with Gasteiger partial charge in [-0.25, -0.2) is 0 Å². The van der Waals surface area contributed by atoms with Gasteiger partial charge in [0.05, 0.1) is 18.7 Å². The van der Waals surface area contributed by atoms with E-state index in [1.165, 1.54) is 6.42 Å². The van der Waals surface area contributed by atoms with E-state index in [0.717, 1.165) is 31.5 Å². The lowest BCUT2D eigenvalue weighted by molar-refractivity contribution is -0.121. The maximum atomic E-state index is 11.7. The van der Waals surface area contributed by atoms with E-state index in [0.29, 0.717) is 48.7 Å². The van der Waals surface area contributed by atoms with E-state index < -0.39 is 0 Å². The van der Waals surface area contributed by atoms with Crippen molar-refractivity contribution in [1.82, 2.24) is 10.2 Å². The second kappa shape index (κ2) is 10.6. The summed E-state index contributed by atoms with van der Waals surface area (Å²) >= 11 is 6.37. The lowest BCUT2D eigenvalue weighted by Gasteiger charge is -2.36. The van der Waals surface area contributed by atoms with Gasteiger partial charge in [-0.15, -0.1) is 0 Å². The topological polar surface area (TPSA) is 76.8 Å². The van der Waals surface area contributed by atoms with Crippen LogP contribution in [0.1, 0.15) is 38.2 Å². The Hall–Kier alpha value is -1.50. The first kappa shape index (κ1) is 20.8. The number of halogens is 1. The number of nitrogens with one attached hydrogen (secondary N) is 1. The zero-order valence-electron chi connectivity index (χ0n) is 15.7. The summed E-state index contributed by atoms with van der Waals surface area (Å²) in [5, 5.41) is 3.55. The second-order valence-electron chi connectivity index (χ2n) is 6.50. The molecular formula is C19H30ClN3O3. The summed E-state index contributed by atoms with van der Waals surface area (Å²) in [6, 6.07) is 4.25. The van der Waals surface area contributed by atoms with E-state index in [1.54, 1.807) is 7.11 Å². The molecule has 0 bridgehead atoms. The first-order chi connectivity index (χ1) is 12.6. The van der Waals surface area contributed by atoms with Crippen LogP contribution in [-0.2, 0) is 11.3 Å². The second-order valence-corrected chi connectivity index (χ2v) is 6.91. The molecule has 146 valence electrons. The Labute approximate surface area is 161 Å². The Bertz CT molecular complexity index is 598. The van der Waals surface area contributed by atoms with E-state index in [4.69, 9.17) is 26.8 Å². The van der Waals surface area contributed by atoms with Crippen molar-refractivity contribution in [3.8, 4) is 11.5 Å². The molecule has 0 aromatic heterocycles. The number of benzene rings is 1. The van der Waals surface area contributed by atoms with Crippen LogP contribution in [0.15, 0.2) is 12.1 Å². The summed E-state index contributed by atoms with van der Waals surface area (Å²) in [6.45, 7) is 5.29. The number of hydrogen-bond donors (Lipinski definition) is 2. The molecule has 1 unspecified atom stereocenters. The lowest BCUT2D eigenvalue weighted by Crippen LogP contribution is -2.46. The minimum Gasteiger partial charge on any atom is -0.491 e. The van der Waals surface area contributed by atoms with Crippen LogP contribution in [0, 0.1) is 0 Å². The predicted molar refractivity (Wildman–Crippen MR) is 104 cm³/mol. The molecule has 1 atom stereocenters. The summed E-state index contributed by atoms with van der Waals surface area (Å²) in [5.74, 6) is 1.26. The number of carbonyl (C=O) groups is 1. The van der Waals surface area contributed by atoms with Crippen molar-refractivity contribution in [3.05, 3.63) is 22.7 Å². The molecule has 1 fully saturated rings. The molecule has 0 saturated carbocycles. The minimum absolute atomic E-state index is 0.0177. The quantitative estimate of drug-likeness (QED) is 0.685. The number of ether oxygens (including phenoxy) is 2. The lowest BCUT2D eigenvalue weighted by atomic mass is 10.0. The highest BCUT2D eigenvalue weighted by Gasteiger charge is 2.23. The van der Waals surface area contributed by atoms with Crippen LogP contribution < -0.4 is 20.5 Å². The smallest absolute Gasteiger partial charge is 0.221 e. The molecule has 2 rings (SSSR count). The number of carbonyl (C=O) groups excluding carboxylic acids is 1. The van der Waals surface area contributed by atoms with Crippen molar-refractivity contribution >= 4 is 17.5 Å². The molecule has 0 aliphatic carbocycles. The van der Waals surface area contributed by atoms with Gasteiger partial charge in [-0.3, -0.25) is 9.69 Å². The van der Waals surface area contributed by atoms with Crippen LogP contribution in [0.4, 0.5) is 0 Å². The number of amides is 1. The summed E-state index contributed by atoms with van der Waals surface area (Å²) < 4.78 is 11.0. The molecule has 1 aliphatic heterocycles. The third-order valence-corrected chi connectivity index (χ3v) is 4.90. The first-order valence-corrected chi connectivity index (χ1v) is 9.66. The van der Waals surface area contributed by atoms with E-state index >= 15 is 0 Å². The van der Waals surface area contributed by atoms with Gasteiger partial charge >= 0.3 is 0 Å². The highest BCUT2D eigenvalue weighted by molar-refractivity contribution is 6.32. The molecule has 0 radical (unpaired) electrons. The zero-order valence-corrected chi connectivity index (χ0v) is 16.5. The van der Waals surface area contributed by atoms with Crippen molar-refractivity contribution in [2.24, 2.45) is 5.73 Å². The molecule has 7 heteroatoms. The average Bonchev–Trinajstić information content (AvgIpc) is 2.61. The molecule has 1 aromatic carbocycles. The molecule has 6 nitrogen and oxygen atoms in total. The highest BCUT2D eigenvalue weighted by Crippen LogP contribution is 2.37. The number of nitrogens with zero attached hydrogens (tertiary/aromatic N) is 1. The molecule has 1 aromatic rings. The number of methoxy groups -OCH3 is 1. The van der Waals surface area contributed by atoms with Crippen molar-refractivity contribution in [1.29, 1.82) is 0 Å². The fourth-order valence-electron chi connectivity index (χ4n) is 3.36. The Morgan fingerprint density at radius 1 is 1.42 bits per heavy atom. The monoisotopic (exact) mass is 383 g/mol. The maximum Gasteiger partial charge on any atom is 0.221 e. The third-order valence-electron chi connectivity index (χ3n) is 4.61. The molecule has 1 aliphatic rings. The third kappa shape index (κ3) is 5.76. The van der Waals surface area contributed by atoms with Gasteiger partial charge in [-0.2, -0.15) is 0 Å². The Morgan fingerprint density at radius 3 is 2.92 bits per heavy atom. The number of nitrogens with two attached hydrogens (primary N) is 1.